The van der Waals surface area contributed by atoms with Gasteiger partial charge in [-0.2, -0.15) is 0 Å². The molecule has 1 amide bonds. The zero-order chi connectivity index (χ0) is 21.8. The highest BCUT2D eigenvalue weighted by atomic mass is 16.1. The molecule has 0 unspecified atom stereocenters. The molecule has 5 rings (SSSR count). The van der Waals surface area contributed by atoms with E-state index in [1.54, 1.807) is 24.9 Å². The first-order chi connectivity index (χ1) is 15.8. The molecule has 0 saturated heterocycles. The average Bonchev–Trinajstić information content (AvgIpc) is 3.36. The molecule has 32 heavy (non-hydrogen) atoms. The van der Waals surface area contributed by atoms with Crippen LogP contribution in [0, 0.1) is 0 Å². The molecule has 0 radical (unpaired) electrons. The van der Waals surface area contributed by atoms with E-state index in [1.807, 2.05) is 71.4 Å². The van der Waals surface area contributed by atoms with Gasteiger partial charge in [-0.25, -0.2) is 9.97 Å². The lowest BCUT2D eigenvalue weighted by Gasteiger charge is -2.13. The maximum Gasteiger partial charge on any atom is 0.252 e. The first-order valence-electron chi connectivity index (χ1n) is 10.4. The molecule has 6 heteroatoms. The quantitative estimate of drug-likeness (QED) is 0.441. The van der Waals surface area contributed by atoms with Crippen molar-refractivity contribution >= 4 is 16.8 Å². The van der Waals surface area contributed by atoms with Crippen molar-refractivity contribution in [2.24, 2.45) is 0 Å². The fourth-order valence-electron chi connectivity index (χ4n) is 3.77. The Bertz CT molecular complexity index is 1360. The second kappa shape index (κ2) is 8.81. The molecule has 0 bridgehead atoms. The minimum Gasteiger partial charge on any atom is -0.348 e. The molecule has 0 saturated carbocycles. The lowest BCUT2D eigenvalue weighted by molar-refractivity contribution is 0.0952. The van der Waals surface area contributed by atoms with E-state index in [9.17, 15) is 4.79 Å². The number of nitrogens with one attached hydrogen (secondary N) is 1. The highest BCUT2D eigenvalue weighted by molar-refractivity contribution is 6.07. The summed E-state index contributed by atoms with van der Waals surface area (Å²) < 4.78 is 2.01. The summed E-state index contributed by atoms with van der Waals surface area (Å²) in [6.07, 6.45) is 8.93. The average molecular weight is 419 g/mol. The number of aromatic nitrogens is 4. The molecular weight excluding hydrogens is 398 g/mol. The number of benzene rings is 2. The third-order valence-corrected chi connectivity index (χ3v) is 5.41. The van der Waals surface area contributed by atoms with Crippen LogP contribution in [0.3, 0.4) is 0 Å². The number of rotatable bonds is 6. The largest absolute Gasteiger partial charge is 0.348 e. The van der Waals surface area contributed by atoms with Crippen LogP contribution in [0.4, 0.5) is 0 Å². The summed E-state index contributed by atoms with van der Waals surface area (Å²) in [6, 6.07) is 21.5. The van der Waals surface area contributed by atoms with Gasteiger partial charge in [-0.05, 0) is 35.4 Å². The van der Waals surface area contributed by atoms with Crippen LogP contribution in [0.25, 0.3) is 22.2 Å². The first kappa shape index (κ1) is 19.6. The molecule has 156 valence electrons. The molecule has 3 heterocycles. The number of pyridine rings is 2. The minimum absolute atomic E-state index is 0.128. The van der Waals surface area contributed by atoms with Crippen molar-refractivity contribution in [3.63, 3.8) is 0 Å². The fraction of sp³-hybridized carbons (Fsp3) is 0.0769. The second-order valence-electron chi connectivity index (χ2n) is 7.49. The number of hydrogen-bond acceptors (Lipinski definition) is 4. The van der Waals surface area contributed by atoms with E-state index in [4.69, 9.17) is 4.98 Å². The Kier molecular flexibility index (Phi) is 5.41. The summed E-state index contributed by atoms with van der Waals surface area (Å²) >= 11 is 0. The third kappa shape index (κ3) is 4.11. The summed E-state index contributed by atoms with van der Waals surface area (Å²) in [5.74, 6) is -0.128. The van der Waals surface area contributed by atoms with Crippen LogP contribution in [0.5, 0.6) is 0 Å². The van der Waals surface area contributed by atoms with Crippen LogP contribution < -0.4 is 5.32 Å². The van der Waals surface area contributed by atoms with Crippen molar-refractivity contribution in [2.45, 2.75) is 13.1 Å². The Morgan fingerprint density at radius 2 is 1.66 bits per heavy atom. The molecule has 0 aliphatic rings. The van der Waals surface area contributed by atoms with Crippen molar-refractivity contribution in [3.05, 3.63) is 115 Å². The van der Waals surface area contributed by atoms with Gasteiger partial charge in [0.05, 0.1) is 23.1 Å². The Morgan fingerprint density at radius 3 is 2.47 bits per heavy atom. The van der Waals surface area contributed by atoms with Gasteiger partial charge in [0.2, 0.25) is 0 Å². The SMILES string of the molecule is O=C(NCc1ccccc1Cn1ccnc1)c1cc(-c2ccncc2)nc2ccccc12. The van der Waals surface area contributed by atoms with Gasteiger partial charge in [-0.15, -0.1) is 0 Å². The molecule has 2 aromatic carbocycles. The predicted molar refractivity (Wildman–Crippen MR) is 124 cm³/mol. The summed E-state index contributed by atoms with van der Waals surface area (Å²) in [6.45, 7) is 1.14. The molecule has 0 aliphatic carbocycles. The summed E-state index contributed by atoms with van der Waals surface area (Å²) in [7, 11) is 0. The van der Waals surface area contributed by atoms with Crippen LogP contribution in [-0.4, -0.2) is 25.4 Å². The zero-order valence-electron chi connectivity index (χ0n) is 17.3. The summed E-state index contributed by atoms with van der Waals surface area (Å²) in [5.41, 5.74) is 5.27. The van der Waals surface area contributed by atoms with Gasteiger partial charge in [0.15, 0.2) is 0 Å². The van der Waals surface area contributed by atoms with Crippen LogP contribution in [0.2, 0.25) is 0 Å². The van der Waals surface area contributed by atoms with Crippen molar-refractivity contribution in [1.29, 1.82) is 0 Å². The van der Waals surface area contributed by atoms with Gasteiger partial charge in [0.1, 0.15) is 0 Å². The van der Waals surface area contributed by atoms with E-state index < -0.39 is 0 Å². The number of fused-ring (bicyclic) bond motifs is 1. The predicted octanol–water partition coefficient (Wildman–Crippen LogP) is 4.47. The topological polar surface area (TPSA) is 72.7 Å². The number of carbonyl (C=O) groups excluding carboxylic acids is 1. The molecule has 5 aromatic rings. The van der Waals surface area contributed by atoms with Crippen LogP contribution in [-0.2, 0) is 13.1 Å². The van der Waals surface area contributed by atoms with Gasteiger partial charge in [-0.3, -0.25) is 9.78 Å². The van der Waals surface area contributed by atoms with Gasteiger partial charge in [0, 0.05) is 48.8 Å². The van der Waals surface area contributed by atoms with E-state index >= 15 is 0 Å². The molecular formula is C26H21N5O. The van der Waals surface area contributed by atoms with Crippen LogP contribution in [0.15, 0.2) is 97.8 Å². The number of para-hydroxylation sites is 1. The monoisotopic (exact) mass is 419 g/mol. The number of carbonyl (C=O) groups is 1. The van der Waals surface area contributed by atoms with Gasteiger partial charge < -0.3 is 9.88 Å². The van der Waals surface area contributed by atoms with Crippen molar-refractivity contribution < 1.29 is 4.79 Å². The lowest BCUT2D eigenvalue weighted by Crippen LogP contribution is -2.24. The Balaban J connectivity index is 1.44. The maximum atomic E-state index is 13.3. The fourth-order valence-corrected chi connectivity index (χ4v) is 3.77. The van der Waals surface area contributed by atoms with E-state index in [0.29, 0.717) is 18.7 Å². The standard InChI is InChI=1S/C26H21N5O/c32-26(29-16-20-5-1-2-6-21(20)17-31-14-13-28-18-31)23-15-25(19-9-11-27-12-10-19)30-24-8-4-3-7-22(23)24/h1-15,18H,16-17H2,(H,29,32). The summed E-state index contributed by atoms with van der Waals surface area (Å²) in [5, 5.41) is 3.93. The zero-order valence-corrected chi connectivity index (χ0v) is 17.3. The van der Waals surface area contributed by atoms with E-state index in [0.717, 1.165) is 33.3 Å². The Labute approximate surface area is 185 Å². The number of hydrogen-bond donors (Lipinski definition) is 1. The number of nitrogens with zero attached hydrogens (tertiary/aromatic N) is 4. The highest BCUT2D eigenvalue weighted by Crippen LogP contribution is 2.24. The van der Waals surface area contributed by atoms with Crippen molar-refractivity contribution in [2.75, 3.05) is 0 Å². The van der Waals surface area contributed by atoms with Crippen molar-refractivity contribution in [1.82, 2.24) is 24.8 Å². The Morgan fingerprint density at radius 1 is 0.875 bits per heavy atom. The molecule has 0 atom stereocenters. The lowest BCUT2D eigenvalue weighted by atomic mass is 10.0. The molecule has 0 spiro atoms. The van der Waals surface area contributed by atoms with Crippen LogP contribution >= 0.6 is 0 Å². The minimum atomic E-state index is -0.128. The highest BCUT2D eigenvalue weighted by Gasteiger charge is 2.14. The normalized spacial score (nSPS) is 10.9. The van der Waals surface area contributed by atoms with Crippen molar-refractivity contribution in [3.8, 4) is 11.3 Å². The number of amides is 1. The van der Waals surface area contributed by atoms with Gasteiger partial charge >= 0.3 is 0 Å². The number of imidazole rings is 1. The van der Waals surface area contributed by atoms with Crippen LogP contribution in [0.1, 0.15) is 21.5 Å². The van der Waals surface area contributed by atoms with E-state index in [-0.39, 0.29) is 5.91 Å². The molecule has 0 aliphatic heterocycles. The smallest absolute Gasteiger partial charge is 0.252 e. The van der Waals surface area contributed by atoms with E-state index in [2.05, 4.69) is 21.4 Å². The van der Waals surface area contributed by atoms with Gasteiger partial charge in [-0.1, -0.05) is 42.5 Å². The van der Waals surface area contributed by atoms with E-state index in [1.165, 1.54) is 0 Å². The maximum absolute atomic E-state index is 13.3. The third-order valence-electron chi connectivity index (χ3n) is 5.41. The first-order valence-corrected chi connectivity index (χ1v) is 10.4. The molecule has 1 N–H and O–H groups in total. The molecule has 0 fully saturated rings. The molecule has 3 aromatic heterocycles. The Hall–Kier alpha value is -4.32. The molecule has 6 nitrogen and oxygen atoms in total. The second-order valence-corrected chi connectivity index (χ2v) is 7.49. The van der Waals surface area contributed by atoms with Gasteiger partial charge in [0.25, 0.3) is 5.91 Å². The summed E-state index contributed by atoms with van der Waals surface area (Å²) in [4.78, 5) is 26.2.